The van der Waals surface area contributed by atoms with Gasteiger partial charge < -0.3 is 4.74 Å². The molecule has 0 saturated heterocycles. The zero-order valence-corrected chi connectivity index (χ0v) is 5.89. The van der Waals surface area contributed by atoms with Crippen LogP contribution in [0.15, 0.2) is 12.7 Å². The van der Waals surface area contributed by atoms with Crippen LogP contribution in [-0.4, -0.2) is 12.1 Å². The molecule has 0 aromatic carbocycles. The maximum Gasteiger partial charge on any atom is 0.330 e. The molecule has 0 radical (unpaired) electrons. The first-order chi connectivity index (χ1) is 4.20. The summed E-state index contributed by atoms with van der Waals surface area (Å²) in [5.41, 5.74) is 0. The summed E-state index contributed by atoms with van der Waals surface area (Å²) in [4.78, 5) is 10.4. The van der Waals surface area contributed by atoms with Gasteiger partial charge in [-0.3, -0.25) is 0 Å². The van der Waals surface area contributed by atoms with Gasteiger partial charge in [0.2, 0.25) is 0 Å². The number of ether oxygens (including phenoxy) is 1. The molecule has 0 fully saturated rings. The molecular weight excluding hydrogens is 128 g/mol. The lowest BCUT2D eigenvalue weighted by Gasteiger charge is -2.07. The number of esters is 1. The smallest absolute Gasteiger partial charge is 0.330 e. The first-order valence-electron chi connectivity index (χ1n) is 3.03. The number of carbonyl (C=O) groups is 1. The van der Waals surface area contributed by atoms with Crippen molar-refractivity contribution in [3.05, 3.63) is 12.7 Å². The molecule has 0 N–H and O–H groups in total. The van der Waals surface area contributed by atoms with Crippen LogP contribution in [0.25, 0.3) is 0 Å². The first kappa shape index (κ1) is 11.9. The molecule has 0 heterocycles. The van der Waals surface area contributed by atoms with E-state index in [1.54, 1.807) is 0 Å². The minimum Gasteiger partial charge on any atom is -0.460 e. The maximum absolute atomic E-state index is 10.4. The molecule has 2 nitrogen and oxygen atoms in total. The van der Waals surface area contributed by atoms with Gasteiger partial charge in [-0.15, -0.1) is 0 Å². The second kappa shape index (κ2) is 6.33. The van der Waals surface area contributed by atoms with Gasteiger partial charge in [0, 0.05) is 6.08 Å². The molecule has 0 aromatic rings. The van der Waals surface area contributed by atoms with Gasteiger partial charge in [-0.05, 0) is 13.3 Å². The van der Waals surface area contributed by atoms with E-state index in [2.05, 4.69) is 6.58 Å². The van der Waals surface area contributed by atoms with E-state index in [1.807, 2.05) is 13.8 Å². The summed E-state index contributed by atoms with van der Waals surface area (Å²) in [7, 11) is 0. The molecule has 0 saturated carbocycles. The Labute approximate surface area is 62.9 Å². The highest BCUT2D eigenvalue weighted by molar-refractivity contribution is 5.81. The SMILES string of the molecule is C.C=CC(=O)OC(C)CC. The lowest BCUT2D eigenvalue weighted by molar-refractivity contribution is -0.142. The van der Waals surface area contributed by atoms with Gasteiger partial charge in [0.25, 0.3) is 0 Å². The first-order valence-corrected chi connectivity index (χ1v) is 3.03. The van der Waals surface area contributed by atoms with E-state index in [9.17, 15) is 4.79 Å². The second-order valence-electron chi connectivity index (χ2n) is 1.86. The van der Waals surface area contributed by atoms with Crippen molar-refractivity contribution in [2.75, 3.05) is 0 Å². The third kappa shape index (κ3) is 5.35. The fraction of sp³-hybridized carbons (Fsp3) is 0.625. The average molecular weight is 144 g/mol. The molecule has 10 heavy (non-hydrogen) atoms. The molecule has 0 bridgehead atoms. The number of hydrogen-bond donors (Lipinski definition) is 0. The summed E-state index contributed by atoms with van der Waals surface area (Å²) in [6.45, 7) is 7.08. The molecule has 0 amide bonds. The minimum absolute atomic E-state index is 0. The Morgan fingerprint density at radius 2 is 2.30 bits per heavy atom. The predicted octanol–water partition coefficient (Wildman–Crippen LogP) is 2.15. The molecule has 0 spiro atoms. The van der Waals surface area contributed by atoms with Crippen molar-refractivity contribution < 1.29 is 9.53 Å². The molecule has 1 atom stereocenters. The second-order valence-corrected chi connectivity index (χ2v) is 1.86. The molecule has 0 aromatic heterocycles. The van der Waals surface area contributed by atoms with Crippen LogP contribution < -0.4 is 0 Å². The quantitative estimate of drug-likeness (QED) is 0.448. The maximum atomic E-state index is 10.4. The Hall–Kier alpha value is -0.790. The highest BCUT2D eigenvalue weighted by Crippen LogP contribution is 1.95. The van der Waals surface area contributed by atoms with Crippen LogP contribution in [0.3, 0.4) is 0 Å². The van der Waals surface area contributed by atoms with E-state index in [1.165, 1.54) is 6.08 Å². The van der Waals surface area contributed by atoms with E-state index in [-0.39, 0.29) is 19.5 Å². The summed E-state index contributed by atoms with van der Waals surface area (Å²) in [6.07, 6.45) is 2.03. The third-order valence-electron chi connectivity index (χ3n) is 1.06. The fourth-order valence-electron chi connectivity index (χ4n) is 0.330. The van der Waals surface area contributed by atoms with Gasteiger partial charge in [-0.25, -0.2) is 4.79 Å². The van der Waals surface area contributed by atoms with Crippen LogP contribution in [0.4, 0.5) is 0 Å². The Kier molecular flexibility index (Phi) is 7.56. The van der Waals surface area contributed by atoms with Gasteiger partial charge in [-0.2, -0.15) is 0 Å². The van der Waals surface area contributed by atoms with E-state index in [4.69, 9.17) is 4.74 Å². The average Bonchev–Trinajstić information content (AvgIpc) is 1.87. The molecule has 0 aliphatic carbocycles. The van der Waals surface area contributed by atoms with Gasteiger partial charge >= 0.3 is 5.97 Å². The van der Waals surface area contributed by atoms with Crippen LogP contribution in [0.2, 0.25) is 0 Å². The Morgan fingerprint density at radius 3 is 2.60 bits per heavy atom. The molecular formula is C8H16O2. The lowest BCUT2D eigenvalue weighted by Crippen LogP contribution is -2.10. The highest BCUT2D eigenvalue weighted by Gasteiger charge is 2.01. The van der Waals surface area contributed by atoms with E-state index >= 15 is 0 Å². The van der Waals surface area contributed by atoms with Crippen molar-refractivity contribution in [1.29, 1.82) is 0 Å². The van der Waals surface area contributed by atoms with Crippen LogP contribution in [0, 0.1) is 0 Å². The zero-order chi connectivity index (χ0) is 7.28. The zero-order valence-electron chi connectivity index (χ0n) is 5.89. The highest BCUT2D eigenvalue weighted by atomic mass is 16.5. The summed E-state index contributed by atoms with van der Waals surface area (Å²) in [6, 6.07) is 0. The van der Waals surface area contributed by atoms with Crippen molar-refractivity contribution in [3.63, 3.8) is 0 Å². The standard InChI is InChI=1S/C7H12O2.CH4/c1-4-6(3)9-7(8)5-2;/h5-6H,2,4H2,1,3H3;1H4. The van der Waals surface area contributed by atoms with Crippen LogP contribution in [0.5, 0.6) is 0 Å². The van der Waals surface area contributed by atoms with Crippen molar-refractivity contribution in [2.45, 2.75) is 33.8 Å². The molecule has 0 aliphatic rings. The van der Waals surface area contributed by atoms with E-state index < -0.39 is 0 Å². The molecule has 2 heteroatoms. The fourth-order valence-corrected chi connectivity index (χ4v) is 0.330. The molecule has 0 aliphatic heterocycles. The summed E-state index contributed by atoms with van der Waals surface area (Å²) < 4.78 is 4.79. The van der Waals surface area contributed by atoms with E-state index in [0.29, 0.717) is 0 Å². The summed E-state index contributed by atoms with van der Waals surface area (Å²) >= 11 is 0. The molecule has 60 valence electrons. The van der Waals surface area contributed by atoms with Crippen molar-refractivity contribution >= 4 is 5.97 Å². The molecule has 0 rings (SSSR count). The monoisotopic (exact) mass is 144 g/mol. The Balaban J connectivity index is 0. The largest absolute Gasteiger partial charge is 0.460 e. The van der Waals surface area contributed by atoms with Crippen LogP contribution in [-0.2, 0) is 9.53 Å². The minimum atomic E-state index is -0.343. The van der Waals surface area contributed by atoms with Gasteiger partial charge in [0.05, 0.1) is 6.10 Å². The number of hydrogen-bond acceptors (Lipinski definition) is 2. The van der Waals surface area contributed by atoms with Crippen molar-refractivity contribution in [2.24, 2.45) is 0 Å². The summed E-state index contributed by atoms with van der Waals surface area (Å²) in [5.74, 6) is -0.343. The van der Waals surface area contributed by atoms with Gasteiger partial charge in [0.15, 0.2) is 0 Å². The Bertz CT molecular complexity index is 108. The lowest BCUT2D eigenvalue weighted by atomic mass is 10.3. The van der Waals surface area contributed by atoms with E-state index in [0.717, 1.165) is 6.42 Å². The third-order valence-corrected chi connectivity index (χ3v) is 1.06. The van der Waals surface area contributed by atoms with Gasteiger partial charge in [0.1, 0.15) is 0 Å². The topological polar surface area (TPSA) is 26.3 Å². The number of rotatable bonds is 3. The predicted molar refractivity (Wildman–Crippen MR) is 42.8 cm³/mol. The number of carbonyl (C=O) groups excluding carboxylic acids is 1. The van der Waals surface area contributed by atoms with Crippen molar-refractivity contribution in [1.82, 2.24) is 0 Å². The van der Waals surface area contributed by atoms with Crippen LogP contribution >= 0.6 is 0 Å². The normalized spacial score (nSPS) is 11.0. The Morgan fingerprint density at radius 1 is 1.80 bits per heavy atom. The summed E-state index contributed by atoms with van der Waals surface area (Å²) in [5, 5.41) is 0. The molecule has 1 unspecified atom stereocenters. The van der Waals surface area contributed by atoms with Crippen molar-refractivity contribution in [3.8, 4) is 0 Å². The van der Waals surface area contributed by atoms with Crippen LogP contribution in [0.1, 0.15) is 27.7 Å². The van der Waals surface area contributed by atoms with Gasteiger partial charge in [-0.1, -0.05) is 20.9 Å².